The smallest absolute Gasteiger partial charge is 0.169 e. The third-order valence-corrected chi connectivity index (χ3v) is 3.75. The average molecular weight is 326 g/mol. The summed E-state index contributed by atoms with van der Waals surface area (Å²) >= 11 is 0. The Hall–Kier alpha value is -1.66. The third-order valence-electron chi connectivity index (χ3n) is 3.75. The lowest BCUT2D eigenvalue weighted by molar-refractivity contribution is 0.237. The van der Waals surface area contributed by atoms with E-state index >= 15 is 0 Å². The van der Waals surface area contributed by atoms with E-state index in [9.17, 15) is 4.39 Å². The molecule has 0 radical (unpaired) electrons. The molecule has 0 unspecified atom stereocenters. The van der Waals surface area contributed by atoms with Gasteiger partial charge in [0.25, 0.3) is 0 Å². The third kappa shape index (κ3) is 4.42. The maximum Gasteiger partial charge on any atom is 0.169 e. The highest BCUT2D eigenvalue weighted by Crippen LogP contribution is 2.11. The van der Waals surface area contributed by atoms with Crippen LogP contribution in [0.5, 0.6) is 0 Å². The summed E-state index contributed by atoms with van der Waals surface area (Å²) in [6, 6.07) is 6.31. The Morgan fingerprint density at radius 3 is 2.77 bits per heavy atom. The molecule has 5 nitrogen and oxygen atoms in total. The zero-order valence-corrected chi connectivity index (χ0v) is 13.2. The lowest BCUT2D eigenvalue weighted by Gasteiger charge is -2.26. The number of anilines is 1. The van der Waals surface area contributed by atoms with Crippen LogP contribution in [0.3, 0.4) is 0 Å². The summed E-state index contributed by atoms with van der Waals surface area (Å²) in [4.78, 5) is 2.47. The monoisotopic (exact) mass is 325 g/mol. The molecule has 0 spiro atoms. The van der Waals surface area contributed by atoms with Crippen LogP contribution in [0.15, 0.2) is 30.5 Å². The Morgan fingerprint density at radius 2 is 2.00 bits per heavy atom. The first kappa shape index (κ1) is 16.7. The van der Waals surface area contributed by atoms with Crippen molar-refractivity contribution in [2.24, 2.45) is 0 Å². The Kier molecular flexibility index (Phi) is 6.15. The van der Waals surface area contributed by atoms with E-state index in [1.54, 1.807) is 23.0 Å². The summed E-state index contributed by atoms with van der Waals surface area (Å²) in [5.41, 5.74) is 0.673. The maximum atomic E-state index is 13.2. The molecule has 22 heavy (non-hydrogen) atoms. The largest absolute Gasteiger partial charge is 0.366 e. The fourth-order valence-electron chi connectivity index (χ4n) is 2.61. The molecule has 1 fully saturated rings. The van der Waals surface area contributed by atoms with Gasteiger partial charge in [0.2, 0.25) is 0 Å². The van der Waals surface area contributed by atoms with Crippen molar-refractivity contribution in [3.63, 3.8) is 0 Å². The number of hydrogen-bond donors (Lipinski definition) is 1. The van der Waals surface area contributed by atoms with E-state index in [1.165, 1.54) is 44.5 Å². The van der Waals surface area contributed by atoms with Gasteiger partial charge in [-0.1, -0.05) is 17.7 Å². The lowest BCUT2D eigenvalue weighted by Crippen LogP contribution is -2.33. The number of nitrogens with zero attached hydrogens (tertiary/aromatic N) is 4. The zero-order valence-electron chi connectivity index (χ0n) is 12.4. The van der Waals surface area contributed by atoms with E-state index in [2.05, 4.69) is 20.5 Å². The van der Waals surface area contributed by atoms with Crippen LogP contribution in [-0.4, -0.2) is 46.1 Å². The van der Waals surface area contributed by atoms with Crippen LogP contribution in [-0.2, 0) is 0 Å². The molecular formula is C15H21ClFN5. The minimum atomic E-state index is -0.275. The SMILES string of the molecule is Cl.Fc1cccc(-n2cc(NCCN3CCCCC3)nn2)c1. The Bertz CT molecular complexity index is 583. The molecule has 1 aliphatic heterocycles. The molecule has 1 aliphatic rings. The molecular weight excluding hydrogens is 305 g/mol. The number of piperidine rings is 1. The molecule has 0 atom stereocenters. The van der Waals surface area contributed by atoms with Gasteiger partial charge >= 0.3 is 0 Å². The topological polar surface area (TPSA) is 46.0 Å². The normalized spacial score (nSPS) is 15.3. The maximum absolute atomic E-state index is 13.2. The average Bonchev–Trinajstić information content (AvgIpc) is 2.97. The van der Waals surface area contributed by atoms with Crippen molar-refractivity contribution in [2.45, 2.75) is 19.3 Å². The molecule has 1 saturated heterocycles. The van der Waals surface area contributed by atoms with Crippen LogP contribution in [0.25, 0.3) is 5.69 Å². The molecule has 7 heteroatoms. The molecule has 1 N–H and O–H groups in total. The fraction of sp³-hybridized carbons (Fsp3) is 0.467. The molecule has 0 bridgehead atoms. The van der Waals surface area contributed by atoms with Gasteiger partial charge in [-0.05, 0) is 44.1 Å². The van der Waals surface area contributed by atoms with Gasteiger partial charge in [-0.25, -0.2) is 9.07 Å². The van der Waals surface area contributed by atoms with Crippen molar-refractivity contribution < 1.29 is 4.39 Å². The van der Waals surface area contributed by atoms with E-state index < -0.39 is 0 Å². The Morgan fingerprint density at radius 1 is 1.18 bits per heavy atom. The molecule has 3 rings (SSSR count). The van der Waals surface area contributed by atoms with Crippen molar-refractivity contribution in [3.05, 3.63) is 36.3 Å². The second kappa shape index (κ2) is 8.10. The van der Waals surface area contributed by atoms with Gasteiger partial charge in [0.05, 0.1) is 11.9 Å². The van der Waals surface area contributed by atoms with Crippen LogP contribution in [0.1, 0.15) is 19.3 Å². The molecule has 0 saturated carbocycles. The highest BCUT2D eigenvalue weighted by atomic mass is 35.5. The van der Waals surface area contributed by atoms with Crippen molar-refractivity contribution in [1.82, 2.24) is 19.9 Å². The van der Waals surface area contributed by atoms with Crippen LogP contribution in [0, 0.1) is 5.82 Å². The van der Waals surface area contributed by atoms with Gasteiger partial charge in [-0.2, -0.15) is 0 Å². The van der Waals surface area contributed by atoms with E-state index in [0.29, 0.717) is 5.69 Å². The van der Waals surface area contributed by atoms with E-state index in [0.717, 1.165) is 18.9 Å². The van der Waals surface area contributed by atoms with Gasteiger partial charge in [0, 0.05) is 13.1 Å². The fourth-order valence-corrected chi connectivity index (χ4v) is 2.61. The van der Waals surface area contributed by atoms with Crippen LogP contribution < -0.4 is 5.32 Å². The second-order valence-corrected chi connectivity index (χ2v) is 5.36. The summed E-state index contributed by atoms with van der Waals surface area (Å²) in [7, 11) is 0. The second-order valence-electron chi connectivity index (χ2n) is 5.36. The Labute approximate surface area is 135 Å². The van der Waals surface area contributed by atoms with Crippen molar-refractivity contribution in [3.8, 4) is 5.69 Å². The number of hydrogen-bond acceptors (Lipinski definition) is 4. The number of halogens is 2. The predicted molar refractivity (Wildman–Crippen MR) is 87.3 cm³/mol. The van der Waals surface area contributed by atoms with Gasteiger partial charge < -0.3 is 10.2 Å². The standard InChI is InChI=1S/C15H20FN5.ClH/c16-13-5-4-6-14(11-13)21-12-15(18-19-21)17-7-10-20-8-2-1-3-9-20;/h4-6,11-12,17H,1-3,7-10H2;1H. The van der Waals surface area contributed by atoms with Crippen molar-refractivity contribution >= 4 is 18.2 Å². The summed E-state index contributed by atoms with van der Waals surface area (Å²) < 4.78 is 14.8. The molecule has 2 aromatic rings. The van der Waals surface area contributed by atoms with Crippen LogP contribution >= 0.6 is 12.4 Å². The van der Waals surface area contributed by atoms with Gasteiger partial charge in [-0.3, -0.25) is 0 Å². The molecule has 1 aromatic heterocycles. The Balaban J connectivity index is 0.00000176. The first-order valence-corrected chi connectivity index (χ1v) is 7.46. The summed E-state index contributed by atoms with van der Waals surface area (Å²) in [5, 5.41) is 11.3. The zero-order chi connectivity index (χ0) is 14.5. The molecule has 0 aliphatic carbocycles. The highest BCUT2D eigenvalue weighted by molar-refractivity contribution is 5.85. The highest BCUT2D eigenvalue weighted by Gasteiger charge is 2.09. The molecule has 2 heterocycles. The number of rotatable bonds is 5. The summed E-state index contributed by atoms with van der Waals surface area (Å²) in [6.07, 6.45) is 5.74. The van der Waals surface area contributed by atoms with E-state index in [-0.39, 0.29) is 18.2 Å². The molecule has 0 amide bonds. The minimum absolute atomic E-state index is 0. The quantitative estimate of drug-likeness (QED) is 0.918. The number of aromatic nitrogens is 3. The number of nitrogens with one attached hydrogen (secondary N) is 1. The predicted octanol–water partition coefficient (Wildman–Crippen LogP) is 2.73. The van der Waals surface area contributed by atoms with Gasteiger partial charge in [-0.15, -0.1) is 17.5 Å². The van der Waals surface area contributed by atoms with Crippen LogP contribution in [0.2, 0.25) is 0 Å². The number of likely N-dealkylation sites (tertiary alicyclic amines) is 1. The van der Waals surface area contributed by atoms with Crippen molar-refractivity contribution in [2.75, 3.05) is 31.5 Å². The molecule has 120 valence electrons. The van der Waals surface area contributed by atoms with Gasteiger partial charge in [0.1, 0.15) is 5.82 Å². The molecule has 1 aromatic carbocycles. The van der Waals surface area contributed by atoms with Crippen LogP contribution in [0.4, 0.5) is 10.2 Å². The lowest BCUT2D eigenvalue weighted by atomic mass is 10.1. The first-order chi connectivity index (χ1) is 10.3. The van der Waals surface area contributed by atoms with Gasteiger partial charge in [0.15, 0.2) is 5.82 Å². The number of benzene rings is 1. The van der Waals surface area contributed by atoms with E-state index in [1.807, 2.05) is 0 Å². The minimum Gasteiger partial charge on any atom is -0.366 e. The first-order valence-electron chi connectivity index (χ1n) is 7.46. The summed E-state index contributed by atoms with van der Waals surface area (Å²) in [6.45, 7) is 4.25. The van der Waals surface area contributed by atoms with Crippen molar-refractivity contribution in [1.29, 1.82) is 0 Å². The van der Waals surface area contributed by atoms with E-state index in [4.69, 9.17) is 0 Å². The summed E-state index contributed by atoms with van der Waals surface area (Å²) in [5.74, 6) is 0.443.